The molecule has 0 saturated carbocycles. The van der Waals surface area contributed by atoms with Gasteiger partial charge in [-0.2, -0.15) is 8.42 Å². The molecule has 2 heterocycles. The molecule has 2 aliphatic heterocycles. The van der Waals surface area contributed by atoms with Gasteiger partial charge in [-0.15, -0.1) is 0 Å². The molecule has 0 aromatic carbocycles. The largest absolute Gasteiger partial charge is 0.353 e. The average Bonchev–Trinajstić information content (AvgIpc) is 2.59. The maximum atomic E-state index is 10.9. The highest BCUT2D eigenvalue weighted by molar-refractivity contribution is 7.85. The molecule has 2 fully saturated rings. The van der Waals surface area contributed by atoms with Crippen LogP contribution in [0.2, 0.25) is 0 Å². The highest BCUT2D eigenvalue weighted by Gasteiger charge is 2.56. The van der Waals surface area contributed by atoms with E-state index in [1.54, 1.807) is 13.8 Å². The lowest BCUT2D eigenvalue weighted by atomic mass is 10.2. The minimum Gasteiger partial charge on any atom is -0.353 e. The van der Waals surface area contributed by atoms with Gasteiger partial charge in [0.1, 0.15) is 24.1 Å². The van der Waals surface area contributed by atoms with E-state index < -0.39 is 46.3 Å². The van der Waals surface area contributed by atoms with E-state index in [1.165, 1.54) is 7.11 Å². The molecule has 2 saturated heterocycles. The molecule has 0 aromatic rings. The molecule has 17 heavy (non-hydrogen) atoms. The van der Waals surface area contributed by atoms with Crippen LogP contribution in [0, 0.1) is 0 Å². The molecule has 7 nitrogen and oxygen atoms in total. The molecule has 0 aromatic heterocycles. The Morgan fingerprint density at radius 3 is 2.41 bits per heavy atom. The predicted octanol–water partition coefficient (Wildman–Crippen LogP) is -0.234. The van der Waals surface area contributed by atoms with Gasteiger partial charge in [0, 0.05) is 7.11 Å². The topological polar surface area (TPSA) is 91.3 Å². The van der Waals surface area contributed by atoms with Crippen LogP contribution in [0.4, 0.5) is 0 Å². The number of ether oxygens (including phenoxy) is 4. The highest BCUT2D eigenvalue weighted by atomic mass is 32.2. The first-order valence-electron chi connectivity index (χ1n) is 5.21. The van der Waals surface area contributed by atoms with E-state index >= 15 is 0 Å². The van der Waals surface area contributed by atoms with E-state index in [9.17, 15) is 8.42 Å². The quantitative estimate of drug-likeness (QED) is 0.706. The van der Waals surface area contributed by atoms with Crippen molar-refractivity contribution in [1.29, 1.82) is 0 Å². The summed E-state index contributed by atoms with van der Waals surface area (Å²) >= 11 is 0. The van der Waals surface area contributed by atoms with Crippen LogP contribution in [0.1, 0.15) is 13.8 Å². The second-order valence-electron chi connectivity index (χ2n) is 4.59. The first-order valence-corrected chi connectivity index (χ1v) is 6.82. The Morgan fingerprint density at radius 2 is 1.88 bits per heavy atom. The predicted molar refractivity (Wildman–Crippen MR) is 55.9 cm³/mol. The van der Waals surface area contributed by atoms with Crippen LogP contribution >= 0.6 is 0 Å². The second-order valence-corrected chi connectivity index (χ2v) is 6.09. The number of hydrogen-bond donors (Lipinski definition) is 1. The van der Waals surface area contributed by atoms with Gasteiger partial charge in [-0.1, -0.05) is 0 Å². The Morgan fingerprint density at radius 1 is 1.29 bits per heavy atom. The Kier molecular flexibility index (Phi) is 3.22. The van der Waals surface area contributed by atoms with E-state index in [0.29, 0.717) is 0 Å². The molecule has 0 bridgehead atoms. The summed E-state index contributed by atoms with van der Waals surface area (Å²) in [4.78, 5) is 0. The van der Waals surface area contributed by atoms with Crippen molar-refractivity contribution in [1.82, 2.24) is 0 Å². The Balaban J connectivity index is 2.15. The van der Waals surface area contributed by atoms with Gasteiger partial charge in [0.15, 0.2) is 12.1 Å². The van der Waals surface area contributed by atoms with Gasteiger partial charge in [-0.25, -0.2) is 0 Å². The zero-order valence-corrected chi connectivity index (χ0v) is 10.6. The summed E-state index contributed by atoms with van der Waals surface area (Å²) in [6.45, 7) is 3.45. The minimum atomic E-state index is -4.13. The number of rotatable bonds is 3. The molecule has 1 N–H and O–H groups in total. The van der Waals surface area contributed by atoms with Gasteiger partial charge < -0.3 is 18.9 Å². The lowest BCUT2D eigenvalue weighted by Gasteiger charge is -2.23. The fraction of sp³-hybridized carbons (Fsp3) is 1.00. The van der Waals surface area contributed by atoms with E-state index in [2.05, 4.69) is 0 Å². The van der Waals surface area contributed by atoms with Crippen molar-refractivity contribution in [2.45, 2.75) is 44.2 Å². The fourth-order valence-corrected chi connectivity index (χ4v) is 2.86. The highest BCUT2D eigenvalue weighted by Crippen LogP contribution is 2.39. The first kappa shape index (κ1) is 13.2. The number of hydrogen-bond acceptors (Lipinski definition) is 6. The summed E-state index contributed by atoms with van der Waals surface area (Å²) in [6.07, 6.45) is -2.52. The Bertz CT molecular complexity index is 390. The van der Waals surface area contributed by atoms with E-state index in [1.807, 2.05) is 0 Å². The van der Waals surface area contributed by atoms with E-state index in [4.69, 9.17) is 23.5 Å². The van der Waals surface area contributed by atoms with Crippen LogP contribution in [-0.2, 0) is 29.1 Å². The van der Waals surface area contributed by atoms with Gasteiger partial charge in [0.05, 0.1) is 0 Å². The Hall–Kier alpha value is -0.250. The van der Waals surface area contributed by atoms with Gasteiger partial charge in [0.25, 0.3) is 10.1 Å². The fourth-order valence-electron chi connectivity index (χ4n) is 2.17. The van der Waals surface area contributed by atoms with Crippen molar-refractivity contribution in [3.8, 4) is 0 Å². The van der Waals surface area contributed by atoms with Crippen molar-refractivity contribution in [2.75, 3.05) is 12.9 Å². The molecular formula is C9H16O7S. The molecule has 8 heteroatoms. The van der Waals surface area contributed by atoms with Crippen LogP contribution in [0.15, 0.2) is 0 Å². The third-order valence-corrected chi connectivity index (χ3v) is 3.46. The summed E-state index contributed by atoms with van der Waals surface area (Å²) in [6, 6.07) is 0. The SMILES string of the molecule is COC1OC(CS(=O)(=O)O)C2OC(C)(C)OC12. The first-order chi connectivity index (χ1) is 7.72. The van der Waals surface area contributed by atoms with Crippen LogP contribution in [0.5, 0.6) is 0 Å². The molecule has 100 valence electrons. The van der Waals surface area contributed by atoms with Crippen molar-refractivity contribution in [3.63, 3.8) is 0 Å². The van der Waals surface area contributed by atoms with Crippen molar-refractivity contribution in [3.05, 3.63) is 0 Å². The zero-order chi connectivity index (χ0) is 12.8. The maximum Gasteiger partial charge on any atom is 0.267 e. The molecule has 0 aliphatic carbocycles. The molecule has 4 unspecified atom stereocenters. The summed E-state index contributed by atoms with van der Waals surface area (Å²) in [5.74, 6) is -1.35. The van der Waals surface area contributed by atoms with Gasteiger partial charge in [-0.3, -0.25) is 4.55 Å². The molecule has 0 amide bonds. The summed E-state index contributed by atoms with van der Waals surface area (Å²) in [5, 5.41) is 0. The van der Waals surface area contributed by atoms with Crippen LogP contribution in [0.3, 0.4) is 0 Å². The molecule has 2 aliphatic rings. The molecule has 4 atom stereocenters. The summed E-state index contributed by atoms with van der Waals surface area (Å²) < 4.78 is 52.1. The second kappa shape index (κ2) is 4.15. The normalized spacial score (nSPS) is 40.5. The third-order valence-electron chi connectivity index (χ3n) is 2.71. The van der Waals surface area contributed by atoms with Gasteiger partial charge in [-0.05, 0) is 13.8 Å². The molecule has 2 rings (SSSR count). The lowest BCUT2D eigenvalue weighted by molar-refractivity contribution is -0.224. The standard InChI is InChI=1S/C9H16O7S/c1-9(2)15-6-5(4-17(10,11)12)14-8(13-3)7(6)16-9/h5-8H,4H2,1-3H3,(H,10,11,12). The monoisotopic (exact) mass is 268 g/mol. The average molecular weight is 268 g/mol. The van der Waals surface area contributed by atoms with E-state index in [-0.39, 0.29) is 0 Å². The van der Waals surface area contributed by atoms with Crippen LogP contribution < -0.4 is 0 Å². The number of fused-ring (bicyclic) bond motifs is 1. The Labute approximate surface area is 99.7 Å². The van der Waals surface area contributed by atoms with Crippen LogP contribution in [-0.4, -0.2) is 56.2 Å². The molecular weight excluding hydrogens is 252 g/mol. The smallest absolute Gasteiger partial charge is 0.267 e. The molecule has 0 radical (unpaired) electrons. The van der Waals surface area contributed by atoms with Crippen molar-refractivity contribution in [2.24, 2.45) is 0 Å². The van der Waals surface area contributed by atoms with Gasteiger partial charge >= 0.3 is 0 Å². The third kappa shape index (κ3) is 2.78. The zero-order valence-electron chi connectivity index (χ0n) is 9.82. The van der Waals surface area contributed by atoms with Crippen molar-refractivity contribution < 1.29 is 31.9 Å². The summed E-state index contributed by atoms with van der Waals surface area (Å²) in [5.41, 5.74) is 0. The minimum absolute atomic E-state index is 0.484. The van der Waals surface area contributed by atoms with Crippen LogP contribution in [0.25, 0.3) is 0 Å². The maximum absolute atomic E-state index is 10.9. The molecule has 0 spiro atoms. The van der Waals surface area contributed by atoms with Gasteiger partial charge in [0.2, 0.25) is 0 Å². The summed E-state index contributed by atoms with van der Waals surface area (Å²) in [7, 11) is -2.69. The lowest BCUT2D eigenvalue weighted by Crippen LogP contribution is -2.34. The van der Waals surface area contributed by atoms with E-state index in [0.717, 1.165) is 0 Å². The van der Waals surface area contributed by atoms with Crippen molar-refractivity contribution >= 4 is 10.1 Å². The number of methoxy groups -OCH3 is 1.